The first-order chi connectivity index (χ1) is 9.10. The molecular weight excluding hydrogens is 289 g/mol. The highest BCUT2D eigenvalue weighted by Gasteiger charge is 2.12. The lowest BCUT2D eigenvalue weighted by atomic mass is 10.2. The average molecular weight is 298 g/mol. The van der Waals surface area contributed by atoms with Gasteiger partial charge in [0.25, 0.3) is 5.91 Å². The van der Waals surface area contributed by atoms with Gasteiger partial charge in [0.15, 0.2) is 0 Å². The number of nitrogens with one attached hydrogen (secondary N) is 1. The number of rotatable bonds is 3. The molecule has 0 saturated carbocycles. The van der Waals surface area contributed by atoms with Crippen molar-refractivity contribution in [3.8, 4) is 5.88 Å². The number of pyridine rings is 2. The first-order valence-corrected chi connectivity index (χ1v) is 5.98. The molecule has 1 amide bonds. The monoisotopic (exact) mass is 297 g/mol. The van der Waals surface area contributed by atoms with Gasteiger partial charge in [0, 0.05) is 24.1 Å². The summed E-state index contributed by atoms with van der Waals surface area (Å²) in [4.78, 5) is 19.8. The predicted molar refractivity (Wildman–Crippen MR) is 73.0 cm³/mol. The van der Waals surface area contributed by atoms with E-state index < -0.39 is 0 Å². The van der Waals surface area contributed by atoms with Crippen LogP contribution in [0.15, 0.2) is 30.6 Å². The number of hydrogen-bond donors (Lipinski definition) is 1. The van der Waals surface area contributed by atoms with Crippen molar-refractivity contribution in [3.05, 3.63) is 46.3 Å². The van der Waals surface area contributed by atoms with E-state index in [1.807, 2.05) is 0 Å². The standard InChI is InChI=1S/C12H9Cl2N3O2/c1-19-11-4-7(2-3-15-11)17-12(18)8-5-10(14)16-6-9(8)13/h2-6H,1H3,(H,15,17,18). The number of carbonyl (C=O) groups excluding carboxylic acids is 1. The van der Waals surface area contributed by atoms with Crippen molar-refractivity contribution in [2.45, 2.75) is 0 Å². The highest BCUT2D eigenvalue weighted by Crippen LogP contribution is 2.20. The van der Waals surface area contributed by atoms with Crippen molar-refractivity contribution < 1.29 is 9.53 Å². The summed E-state index contributed by atoms with van der Waals surface area (Å²) in [7, 11) is 1.49. The summed E-state index contributed by atoms with van der Waals surface area (Å²) in [6.07, 6.45) is 2.85. The molecule has 5 nitrogen and oxygen atoms in total. The van der Waals surface area contributed by atoms with Gasteiger partial charge < -0.3 is 10.1 Å². The summed E-state index contributed by atoms with van der Waals surface area (Å²) < 4.78 is 4.97. The van der Waals surface area contributed by atoms with Crippen molar-refractivity contribution in [1.29, 1.82) is 0 Å². The predicted octanol–water partition coefficient (Wildman–Crippen LogP) is 3.04. The van der Waals surface area contributed by atoms with Crippen molar-refractivity contribution in [1.82, 2.24) is 9.97 Å². The lowest BCUT2D eigenvalue weighted by Crippen LogP contribution is -2.13. The molecule has 98 valence electrons. The quantitative estimate of drug-likeness (QED) is 0.885. The normalized spacial score (nSPS) is 10.1. The molecule has 0 saturated heterocycles. The lowest BCUT2D eigenvalue weighted by molar-refractivity contribution is 0.102. The second-order valence-electron chi connectivity index (χ2n) is 3.53. The molecule has 2 rings (SSSR count). The van der Waals surface area contributed by atoms with Crippen LogP contribution in [0.3, 0.4) is 0 Å². The highest BCUT2D eigenvalue weighted by atomic mass is 35.5. The molecular formula is C12H9Cl2N3O2. The number of nitrogens with zero attached hydrogens (tertiary/aromatic N) is 2. The number of anilines is 1. The van der Waals surface area contributed by atoms with E-state index >= 15 is 0 Å². The Hall–Kier alpha value is -1.85. The van der Waals surface area contributed by atoms with E-state index in [4.69, 9.17) is 27.9 Å². The largest absolute Gasteiger partial charge is 0.481 e. The fourth-order valence-corrected chi connectivity index (χ4v) is 1.73. The van der Waals surface area contributed by atoms with Crippen molar-refractivity contribution in [2.24, 2.45) is 0 Å². The van der Waals surface area contributed by atoms with E-state index in [0.717, 1.165) is 0 Å². The van der Waals surface area contributed by atoms with Crippen LogP contribution in [0.25, 0.3) is 0 Å². The number of aromatic nitrogens is 2. The average Bonchev–Trinajstić information content (AvgIpc) is 2.41. The number of methoxy groups -OCH3 is 1. The van der Waals surface area contributed by atoms with E-state index in [2.05, 4.69) is 15.3 Å². The van der Waals surface area contributed by atoms with E-state index in [1.54, 1.807) is 12.1 Å². The lowest BCUT2D eigenvalue weighted by Gasteiger charge is -2.07. The Kier molecular flexibility index (Phi) is 4.19. The number of amides is 1. The maximum Gasteiger partial charge on any atom is 0.257 e. The third-order valence-corrected chi connectivity index (χ3v) is 2.78. The molecule has 0 spiro atoms. The smallest absolute Gasteiger partial charge is 0.257 e. The Bertz CT molecular complexity index is 620. The van der Waals surface area contributed by atoms with Crippen LogP contribution < -0.4 is 10.1 Å². The van der Waals surface area contributed by atoms with Gasteiger partial charge in [-0.2, -0.15) is 0 Å². The Morgan fingerprint density at radius 3 is 2.84 bits per heavy atom. The molecule has 2 aromatic heterocycles. The van der Waals surface area contributed by atoms with Crippen LogP contribution in [-0.4, -0.2) is 23.0 Å². The van der Waals surface area contributed by atoms with Gasteiger partial charge in [-0.3, -0.25) is 4.79 Å². The van der Waals surface area contributed by atoms with Gasteiger partial charge in [-0.1, -0.05) is 23.2 Å². The van der Waals surface area contributed by atoms with E-state index in [0.29, 0.717) is 11.6 Å². The van der Waals surface area contributed by atoms with Crippen LogP contribution in [0.4, 0.5) is 5.69 Å². The number of halogens is 2. The maximum atomic E-state index is 12.0. The third-order valence-electron chi connectivity index (χ3n) is 2.27. The highest BCUT2D eigenvalue weighted by molar-refractivity contribution is 6.35. The van der Waals surface area contributed by atoms with Crippen LogP contribution in [0.1, 0.15) is 10.4 Å². The molecule has 1 N–H and O–H groups in total. The van der Waals surface area contributed by atoms with Crippen LogP contribution in [-0.2, 0) is 0 Å². The van der Waals surface area contributed by atoms with Gasteiger partial charge in [-0.25, -0.2) is 9.97 Å². The molecule has 0 unspecified atom stereocenters. The molecule has 7 heteroatoms. The van der Waals surface area contributed by atoms with E-state index in [1.165, 1.54) is 25.6 Å². The molecule has 2 heterocycles. The zero-order valence-corrected chi connectivity index (χ0v) is 11.4. The van der Waals surface area contributed by atoms with Gasteiger partial charge >= 0.3 is 0 Å². The summed E-state index contributed by atoms with van der Waals surface area (Å²) in [6, 6.07) is 4.63. The summed E-state index contributed by atoms with van der Waals surface area (Å²) in [6.45, 7) is 0. The van der Waals surface area contributed by atoms with E-state index in [-0.39, 0.29) is 21.6 Å². The zero-order chi connectivity index (χ0) is 13.8. The number of hydrogen-bond acceptors (Lipinski definition) is 4. The molecule has 0 aliphatic carbocycles. The Morgan fingerprint density at radius 2 is 2.11 bits per heavy atom. The molecule has 0 aromatic carbocycles. The molecule has 19 heavy (non-hydrogen) atoms. The van der Waals surface area contributed by atoms with Gasteiger partial charge in [-0.15, -0.1) is 0 Å². The SMILES string of the molecule is COc1cc(NC(=O)c2cc(Cl)ncc2Cl)ccn1. The molecule has 0 atom stereocenters. The molecule has 0 radical (unpaired) electrons. The van der Waals surface area contributed by atoms with Crippen molar-refractivity contribution >= 4 is 34.8 Å². The van der Waals surface area contributed by atoms with Gasteiger partial charge in [0.2, 0.25) is 5.88 Å². The van der Waals surface area contributed by atoms with Crippen LogP contribution in [0, 0.1) is 0 Å². The molecule has 0 bridgehead atoms. The topological polar surface area (TPSA) is 64.1 Å². The third kappa shape index (κ3) is 3.33. The minimum absolute atomic E-state index is 0.196. The van der Waals surface area contributed by atoms with Gasteiger partial charge in [-0.05, 0) is 12.1 Å². The fourth-order valence-electron chi connectivity index (χ4n) is 1.38. The first-order valence-electron chi connectivity index (χ1n) is 5.22. The second-order valence-corrected chi connectivity index (χ2v) is 4.32. The minimum atomic E-state index is -0.387. The van der Waals surface area contributed by atoms with Crippen molar-refractivity contribution in [3.63, 3.8) is 0 Å². The van der Waals surface area contributed by atoms with Crippen LogP contribution in [0.5, 0.6) is 5.88 Å². The molecule has 2 aromatic rings. The summed E-state index contributed by atoms with van der Waals surface area (Å²) >= 11 is 11.6. The fraction of sp³-hybridized carbons (Fsp3) is 0.0833. The first kappa shape index (κ1) is 13.6. The van der Waals surface area contributed by atoms with E-state index in [9.17, 15) is 4.79 Å². The van der Waals surface area contributed by atoms with Crippen LogP contribution in [0.2, 0.25) is 10.2 Å². The zero-order valence-electron chi connectivity index (χ0n) is 9.85. The second kappa shape index (κ2) is 5.86. The molecule has 0 aliphatic rings. The number of ether oxygens (including phenoxy) is 1. The Balaban J connectivity index is 2.23. The Labute approximate surface area is 119 Å². The number of carbonyl (C=O) groups is 1. The van der Waals surface area contributed by atoms with Gasteiger partial charge in [0.05, 0.1) is 17.7 Å². The Morgan fingerprint density at radius 1 is 1.32 bits per heavy atom. The summed E-state index contributed by atoms with van der Waals surface area (Å²) in [5.74, 6) is 0.0132. The van der Waals surface area contributed by atoms with Crippen LogP contribution >= 0.6 is 23.2 Å². The van der Waals surface area contributed by atoms with Crippen molar-refractivity contribution in [2.75, 3.05) is 12.4 Å². The summed E-state index contributed by atoms with van der Waals surface area (Å²) in [5, 5.41) is 3.09. The molecule has 0 aliphatic heterocycles. The summed E-state index contributed by atoms with van der Waals surface area (Å²) in [5.41, 5.74) is 0.790. The maximum absolute atomic E-state index is 12.0. The minimum Gasteiger partial charge on any atom is -0.481 e. The molecule has 0 fully saturated rings. The van der Waals surface area contributed by atoms with Gasteiger partial charge in [0.1, 0.15) is 5.15 Å².